The maximum atomic E-state index is 6.11. The summed E-state index contributed by atoms with van der Waals surface area (Å²) in [6, 6.07) is 7.63. The minimum atomic E-state index is 0.610. The zero-order valence-corrected chi connectivity index (χ0v) is 11.5. The Morgan fingerprint density at radius 3 is 3.05 bits per heavy atom. The van der Waals surface area contributed by atoms with Gasteiger partial charge in [0.1, 0.15) is 10.7 Å². The van der Waals surface area contributed by atoms with E-state index in [2.05, 4.69) is 10.1 Å². The molecule has 6 heteroatoms. The molecular weight excluding hydrogens is 282 g/mol. The molecule has 0 amide bonds. The quantitative estimate of drug-likeness (QED) is 0.528. The second-order valence-electron chi connectivity index (χ2n) is 4.24. The Balaban J connectivity index is 1.93. The first-order valence-electron chi connectivity index (χ1n) is 5.72. The molecule has 4 aromatic rings. The van der Waals surface area contributed by atoms with Gasteiger partial charge in [-0.3, -0.25) is 0 Å². The molecule has 0 spiro atoms. The van der Waals surface area contributed by atoms with Crippen molar-refractivity contribution in [1.29, 1.82) is 0 Å². The summed E-state index contributed by atoms with van der Waals surface area (Å²) < 4.78 is 7.55. The Morgan fingerprint density at radius 1 is 1.37 bits per heavy atom. The molecule has 0 saturated carbocycles. The second kappa shape index (κ2) is 3.82. The van der Waals surface area contributed by atoms with Gasteiger partial charge in [-0.1, -0.05) is 35.1 Å². The van der Waals surface area contributed by atoms with Crippen molar-refractivity contribution in [2.45, 2.75) is 6.92 Å². The van der Waals surface area contributed by atoms with Gasteiger partial charge < -0.3 is 4.42 Å². The van der Waals surface area contributed by atoms with Gasteiger partial charge >= 0.3 is 0 Å². The molecule has 0 atom stereocenters. The van der Waals surface area contributed by atoms with E-state index in [1.165, 1.54) is 0 Å². The molecule has 0 radical (unpaired) electrons. The van der Waals surface area contributed by atoms with Gasteiger partial charge in [0.2, 0.25) is 4.96 Å². The Labute approximate surface area is 117 Å². The molecule has 4 nitrogen and oxygen atoms in total. The lowest BCUT2D eigenvalue weighted by molar-refractivity contribution is 0.629. The predicted molar refractivity (Wildman–Crippen MR) is 75.8 cm³/mol. The van der Waals surface area contributed by atoms with Gasteiger partial charge in [0.05, 0.1) is 11.2 Å². The van der Waals surface area contributed by atoms with Crippen LogP contribution in [0.4, 0.5) is 0 Å². The van der Waals surface area contributed by atoms with Gasteiger partial charge in [-0.15, -0.1) is 0 Å². The largest absolute Gasteiger partial charge is 0.453 e. The molecule has 4 rings (SSSR count). The number of nitrogens with zero attached hydrogens (tertiary/aromatic N) is 3. The average Bonchev–Trinajstić information content (AvgIpc) is 3.00. The number of hydrogen-bond acceptors (Lipinski definition) is 4. The van der Waals surface area contributed by atoms with E-state index in [1.807, 2.05) is 37.4 Å². The summed E-state index contributed by atoms with van der Waals surface area (Å²) in [6.45, 7) is 1.96. The van der Waals surface area contributed by atoms with E-state index >= 15 is 0 Å². The minimum Gasteiger partial charge on any atom is -0.453 e. The highest BCUT2D eigenvalue weighted by Crippen LogP contribution is 2.32. The molecule has 0 aliphatic heterocycles. The smallest absolute Gasteiger partial charge is 0.212 e. The van der Waals surface area contributed by atoms with Gasteiger partial charge in [-0.05, 0) is 19.1 Å². The summed E-state index contributed by atoms with van der Waals surface area (Å²) in [5.41, 5.74) is 1.46. The van der Waals surface area contributed by atoms with E-state index in [0.717, 1.165) is 21.0 Å². The number of hydrogen-bond donors (Lipinski definition) is 0. The molecule has 3 aromatic heterocycles. The first kappa shape index (κ1) is 11.0. The number of para-hydroxylation sites is 1. The summed E-state index contributed by atoms with van der Waals surface area (Å²) in [6.07, 6.45) is 1.87. The van der Waals surface area contributed by atoms with E-state index in [1.54, 1.807) is 15.9 Å². The third-order valence-corrected chi connectivity index (χ3v) is 4.03. The fourth-order valence-corrected chi connectivity index (χ4v) is 3.02. The minimum absolute atomic E-state index is 0.610. The van der Waals surface area contributed by atoms with E-state index in [9.17, 15) is 0 Å². The number of aromatic nitrogens is 3. The third-order valence-electron chi connectivity index (χ3n) is 2.89. The number of imidazole rings is 1. The third kappa shape index (κ3) is 1.66. The molecule has 94 valence electrons. The van der Waals surface area contributed by atoms with Crippen molar-refractivity contribution < 1.29 is 4.42 Å². The number of furan rings is 1. The summed E-state index contributed by atoms with van der Waals surface area (Å²) in [4.78, 5) is 5.37. The highest BCUT2D eigenvalue weighted by molar-refractivity contribution is 7.16. The number of benzene rings is 1. The summed E-state index contributed by atoms with van der Waals surface area (Å²) >= 11 is 7.66. The van der Waals surface area contributed by atoms with Crippen LogP contribution in [0.1, 0.15) is 5.01 Å². The molecule has 0 aliphatic carbocycles. The zero-order valence-electron chi connectivity index (χ0n) is 9.92. The maximum Gasteiger partial charge on any atom is 0.212 e. The van der Waals surface area contributed by atoms with Crippen molar-refractivity contribution in [3.63, 3.8) is 0 Å². The van der Waals surface area contributed by atoms with Gasteiger partial charge in [0, 0.05) is 5.39 Å². The van der Waals surface area contributed by atoms with Crippen LogP contribution >= 0.6 is 22.9 Å². The van der Waals surface area contributed by atoms with E-state index < -0.39 is 0 Å². The lowest BCUT2D eigenvalue weighted by atomic mass is 10.2. The molecule has 0 fully saturated rings. The molecule has 0 saturated heterocycles. The molecule has 0 unspecified atom stereocenters. The topological polar surface area (TPSA) is 43.3 Å². The Hall–Kier alpha value is -1.85. The van der Waals surface area contributed by atoms with Crippen LogP contribution in [-0.4, -0.2) is 14.6 Å². The van der Waals surface area contributed by atoms with Gasteiger partial charge in [-0.25, -0.2) is 9.50 Å². The maximum absolute atomic E-state index is 6.11. The molecule has 19 heavy (non-hydrogen) atoms. The number of rotatable bonds is 1. The number of fused-ring (bicyclic) bond motifs is 2. The van der Waals surface area contributed by atoms with Crippen molar-refractivity contribution in [3.8, 4) is 11.5 Å². The van der Waals surface area contributed by atoms with Crippen LogP contribution in [0.15, 0.2) is 34.9 Å². The van der Waals surface area contributed by atoms with E-state index in [4.69, 9.17) is 16.0 Å². The number of aryl methyl sites for hydroxylation is 1. The van der Waals surface area contributed by atoms with Crippen molar-refractivity contribution in [1.82, 2.24) is 14.6 Å². The monoisotopic (exact) mass is 289 g/mol. The Morgan fingerprint density at radius 2 is 2.26 bits per heavy atom. The summed E-state index contributed by atoms with van der Waals surface area (Å²) in [7, 11) is 0. The molecule has 3 heterocycles. The standard InChI is InChI=1S/C13H8ClN3OS/c1-7-16-17-6-10(15-13(17)19-7)11-5-8-3-2-4-9(14)12(8)18-11/h2-6H,1H3. The van der Waals surface area contributed by atoms with E-state index in [-0.39, 0.29) is 0 Å². The highest BCUT2D eigenvalue weighted by atomic mass is 35.5. The van der Waals surface area contributed by atoms with Crippen LogP contribution in [0.25, 0.3) is 27.4 Å². The first-order chi connectivity index (χ1) is 9.20. The normalized spacial score (nSPS) is 11.7. The van der Waals surface area contributed by atoms with Crippen molar-refractivity contribution in [2.24, 2.45) is 0 Å². The van der Waals surface area contributed by atoms with Crippen molar-refractivity contribution in [2.75, 3.05) is 0 Å². The lowest BCUT2D eigenvalue weighted by Gasteiger charge is -1.90. The SMILES string of the molecule is Cc1nn2cc(-c3cc4cccc(Cl)c4o3)nc2s1. The number of halogens is 1. The van der Waals surface area contributed by atoms with Crippen LogP contribution in [0.3, 0.4) is 0 Å². The predicted octanol–water partition coefficient (Wildman–Crippen LogP) is 4.17. The van der Waals surface area contributed by atoms with E-state index in [0.29, 0.717) is 16.4 Å². The van der Waals surface area contributed by atoms with Gasteiger partial charge in [0.25, 0.3) is 0 Å². The van der Waals surface area contributed by atoms with Crippen LogP contribution in [0.5, 0.6) is 0 Å². The Bertz CT molecular complexity index is 874. The van der Waals surface area contributed by atoms with Crippen LogP contribution in [-0.2, 0) is 0 Å². The zero-order chi connectivity index (χ0) is 13.0. The Kier molecular flexibility index (Phi) is 2.22. The van der Waals surface area contributed by atoms with Crippen LogP contribution < -0.4 is 0 Å². The first-order valence-corrected chi connectivity index (χ1v) is 6.91. The second-order valence-corrected chi connectivity index (χ2v) is 5.81. The summed E-state index contributed by atoms with van der Waals surface area (Å²) in [5.74, 6) is 0.707. The summed E-state index contributed by atoms with van der Waals surface area (Å²) in [5, 5.41) is 6.91. The lowest BCUT2D eigenvalue weighted by Crippen LogP contribution is -1.79. The van der Waals surface area contributed by atoms with Crippen LogP contribution in [0, 0.1) is 6.92 Å². The fourth-order valence-electron chi connectivity index (χ4n) is 2.07. The van der Waals surface area contributed by atoms with Crippen molar-refractivity contribution >= 4 is 38.9 Å². The molecule has 0 bridgehead atoms. The molecule has 0 N–H and O–H groups in total. The highest BCUT2D eigenvalue weighted by Gasteiger charge is 2.13. The molecular formula is C13H8ClN3OS. The average molecular weight is 290 g/mol. The fraction of sp³-hybridized carbons (Fsp3) is 0.0769. The van der Waals surface area contributed by atoms with Gasteiger partial charge in [-0.2, -0.15) is 5.10 Å². The molecule has 1 aromatic carbocycles. The van der Waals surface area contributed by atoms with Crippen LogP contribution in [0.2, 0.25) is 5.02 Å². The van der Waals surface area contributed by atoms with Gasteiger partial charge in [0.15, 0.2) is 11.3 Å². The molecule has 0 aliphatic rings. The van der Waals surface area contributed by atoms with Crippen molar-refractivity contribution in [3.05, 3.63) is 40.5 Å².